The molecule has 2 aromatic rings. The van der Waals surface area contributed by atoms with Gasteiger partial charge in [-0.1, -0.05) is 36.4 Å². The van der Waals surface area contributed by atoms with Crippen LogP contribution in [0.5, 0.6) is 0 Å². The molecule has 3 rings (SSSR count). The normalized spacial score (nSPS) is 18.8. The molecule has 1 heterocycles. The predicted molar refractivity (Wildman–Crippen MR) is 84.3 cm³/mol. The van der Waals surface area contributed by atoms with E-state index in [2.05, 4.69) is 5.32 Å². The fourth-order valence-corrected chi connectivity index (χ4v) is 3.57. The van der Waals surface area contributed by atoms with Crippen LogP contribution in [0.1, 0.15) is 30.2 Å². The zero-order valence-electron chi connectivity index (χ0n) is 12.0. The highest BCUT2D eigenvalue weighted by Gasteiger charge is 2.52. The second kappa shape index (κ2) is 5.28. The van der Waals surface area contributed by atoms with Crippen molar-refractivity contribution in [1.82, 2.24) is 5.32 Å². The van der Waals surface area contributed by atoms with E-state index in [1.165, 1.54) is 0 Å². The Balaban J connectivity index is 1.67. The molecule has 110 valence electrons. The van der Waals surface area contributed by atoms with Crippen molar-refractivity contribution in [1.29, 1.82) is 0 Å². The van der Waals surface area contributed by atoms with Crippen molar-refractivity contribution >= 4 is 17.2 Å². The summed E-state index contributed by atoms with van der Waals surface area (Å²) in [6, 6.07) is 13.4. The van der Waals surface area contributed by atoms with Crippen LogP contribution in [0, 0.1) is 0 Å². The minimum absolute atomic E-state index is 0.0288. The number of carbonyl (C=O) groups excluding carboxylic acids is 1. The monoisotopic (exact) mass is 301 g/mol. The first-order chi connectivity index (χ1) is 10.0. The molecule has 0 saturated heterocycles. The van der Waals surface area contributed by atoms with Crippen molar-refractivity contribution < 1.29 is 9.90 Å². The van der Waals surface area contributed by atoms with E-state index in [9.17, 15) is 9.90 Å². The Labute approximate surface area is 128 Å². The molecular weight excluding hydrogens is 282 g/mol. The van der Waals surface area contributed by atoms with Crippen LogP contribution in [0.3, 0.4) is 0 Å². The third-order valence-corrected chi connectivity index (χ3v) is 5.24. The summed E-state index contributed by atoms with van der Waals surface area (Å²) in [6.07, 6.45) is 1.79. The summed E-state index contributed by atoms with van der Waals surface area (Å²) in [5.74, 6) is 0.0288. The number of hydrogen-bond donors (Lipinski definition) is 2. The molecule has 0 radical (unpaired) electrons. The van der Waals surface area contributed by atoms with Crippen molar-refractivity contribution in [3.63, 3.8) is 0 Å². The molecule has 0 aliphatic heterocycles. The Hall–Kier alpha value is -1.65. The van der Waals surface area contributed by atoms with Crippen molar-refractivity contribution in [3.8, 4) is 0 Å². The number of aliphatic hydroxyl groups is 1. The highest BCUT2D eigenvalue weighted by Crippen LogP contribution is 2.50. The van der Waals surface area contributed by atoms with Crippen LogP contribution in [0.4, 0.5) is 0 Å². The lowest BCUT2D eigenvalue weighted by molar-refractivity contribution is -0.124. The van der Waals surface area contributed by atoms with E-state index in [4.69, 9.17) is 0 Å². The maximum atomic E-state index is 12.5. The smallest absolute Gasteiger partial charge is 0.231 e. The van der Waals surface area contributed by atoms with E-state index < -0.39 is 5.60 Å². The number of benzene rings is 1. The Morgan fingerprint density at radius 2 is 2.00 bits per heavy atom. The van der Waals surface area contributed by atoms with Crippen LogP contribution in [-0.4, -0.2) is 17.6 Å². The van der Waals surface area contributed by atoms with Gasteiger partial charge in [0.05, 0.1) is 12.0 Å². The first-order valence-electron chi connectivity index (χ1n) is 7.15. The maximum Gasteiger partial charge on any atom is 0.231 e. The van der Waals surface area contributed by atoms with E-state index in [1.807, 2.05) is 47.8 Å². The van der Waals surface area contributed by atoms with E-state index >= 15 is 0 Å². The maximum absolute atomic E-state index is 12.5. The van der Waals surface area contributed by atoms with Gasteiger partial charge in [-0.15, -0.1) is 11.3 Å². The van der Waals surface area contributed by atoms with Gasteiger partial charge in [-0.3, -0.25) is 4.79 Å². The van der Waals surface area contributed by atoms with Crippen molar-refractivity contribution in [3.05, 3.63) is 58.3 Å². The standard InChI is InChI=1S/C17H19NO2S/c1-16(20,13-6-3-2-4-7-13)12-18-15(19)17(9-10-17)14-8-5-11-21-14/h2-8,11,20H,9-10,12H2,1H3,(H,18,19). The molecule has 2 N–H and O–H groups in total. The number of thiophene rings is 1. The van der Waals surface area contributed by atoms with Gasteiger partial charge in [-0.05, 0) is 36.8 Å². The van der Waals surface area contributed by atoms with Gasteiger partial charge in [-0.25, -0.2) is 0 Å². The van der Waals surface area contributed by atoms with Crippen LogP contribution >= 0.6 is 11.3 Å². The van der Waals surface area contributed by atoms with Crippen LogP contribution in [0.2, 0.25) is 0 Å². The van der Waals surface area contributed by atoms with Crippen LogP contribution in [0.25, 0.3) is 0 Å². The van der Waals surface area contributed by atoms with Gasteiger partial charge in [-0.2, -0.15) is 0 Å². The lowest BCUT2D eigenvalue weighted by atomic mass is 9.95. The predicted octanol–water partition coefficient (Wildman–Crippen LogP) is 2.80. The van der Waals surface area contributed by atoms with Crippen LogP contribution in [0.15, 0.2) is 47.8 Å². The largest absolute Gasteiger partial charge is 0.384 e. The zero-order chi connectivity index (χ0) is 14.9. The topological polar surface area (TPSA) is 49.3 Å². The quantitative estimate of drug-likeness (QED) is 0.892. The van der Waals surface area contributed by atoms with Gasteiger partial charge in [0.15, 0.2) is 0 Å². The summed E-state index contributed by atoms with van der Waals surface area (Å²) in [5.41, 5.74) is -0.588. The Morgan fingerprint density at radius 1 is 1.29 bits per heavy atom. The SMILES string of the molecule is CC(O)(CNC(=O)C1(c2cccs2)CC1)c1ccccc1. The van der Waals surface area contributed by atoms with Gasteiger partial charge in [0, 0.05) is 4.88 Å². The van der Waals surface area contributed by atoms with Crippen molar-refractivity contribution in [2.75, 3.05) is 6.54 Å². The number of carbonyl (C=O) groups is 1. The minimum atomic E-state index is -1.05. The second-order valence-electron chi connectivity index (χ2n) is 5.88. The average Bonchev–Trinajstić information content (AvgIpc) is 3.13. The number of amides is 1. The van der Waals surface area contributed by atoms with Gasteiger partial charge in [0.2, 0.25) is 5.91 Å². The van der Waals surface area contributed by atoms with E-state index in [1.54, 1.807) is 18.3 Å². The van der Waals surface area contributed by atoms with E-state index in [-0.39, 0.29) is 17.9 Å². The molecule has 4 heteroatoms. The lowest BCUT2D eigenvalue weighted by Gasteiger charge is -2.25. The fourth-order valence-electron chi connectivity index (χ4n) is 2.58. The zero-order valence-corrected chi connectivity index (χ0v) is 12.8. The first kappa shape index (κ1) is 14.3. The first-order valence-corrected chi connectivity index (χ1v) is 8.03. The van der Waals surface area contributed by atoms with E-state index in [0.717, 1.165) is 23.3 Å². The summed E-state index contributed by atoms with van der Waals surface area (Å²) in [6.45, 7) is 1.95. The second-order valence-corrected chi connectivity index (χ2v) is 6.83. The Bertz CT molecular complexity index is 616. The van der Waals surface area contributed by atoms with Gasteiger partial charge >= 0.3 is 0 Å². The summed E-state index contributed by atoms with van der Waals surface area (Å²) in [5, 5.41) is 15.5. The summed E-state index contributed by atoms with van der Waals surface area (Å²) in [7, 11) is 0. The van der Waals surface area contributed by atoms with Crippen molar-refractivity contribution in [2.45, 2.75) is 30.8 Å². The molecule has 1 saturated carbocycles. The molecule has 1 aromatic carbocycles. The number of hydrogen-bond acceptors (Lipinski definition) is 3. The van der Waals surface area contributed by atoms with Crippen LogP contribution < -0.4 is 5.32 Å². The van der Waals surface area contributed by atoms with Gasteiger partial charge in [0.25, 0.3) is 0 Å². The molecule has 1 aromatic heterocycles. The lowest BCUT2D eigenvalue weighted by Crippen LogP contribution is -2.42. The summed E-state index contributed by atoms with van der Waals surface area (Å²) < 4.78 is 0. The molecule has 1 aliphatic carbocycles. The third kappa shape index (κ3) is 2.74. The summed E-state index contributed by atoms with van der Waals surface area (Å²) in [4.78, 5) is 13.6. The Morgan fingerprint density at radius 3 is 2.57 bits per heavy atom. The molecular formula is C17H19NO2S. The highest BCUT2D eigenvalue weighted by atomic mass is 32.1. The molecule has 21 heavy (non-hydrogen) atoms. The molecule has 1 unspecified atom stereocenters. The minimum Gasteiger partial charge on any atom is -0.384 e. The molecule has 1 atom stereocenters. The third-order valence-electron chi connectivity index (χ3n) is 4.17. The molecule has 1 fully saturated rings. The average molecular weight is 301 g/mol. The number of rotatable bonds is 5. The number of nitrogens with one attached hydrogen (secondary N) is 1. The highest BCUT2D eigenvalue weighted by molar-refractivity contribution is 7.10. The van der Waals surface area contributed by atoms with Gasteiger partial charge in [0.1, 0.15) is 5.60 Å². The van der Waals surface area contributed by atoms with Crippen molar-refractivity contribution in [2.24, 2.45) is 0 Å². The molecule has 3 nitrogen and oxygen atoms in total. The molecule has 1 aliphatic rings. The summed E-state index contributed by atoms with van der Waals surface area (Å²) >= 11 is 1.63. The van der Waals surface area contributed by atoms with Gasteiger partial charge < -0.3 is 10.4 Å². The molecule has 0 spiro atoms. The van der Waals surface area contributed by atoms with E-state index in [0.29, 0.717) is 0 Å². The molecule has 1 amide bonds. The Kier molecular flexibility index (Phi) is 3.59. The molecule has 0 bridgehead atoms. The van der Waals surface area contributed by atoms with Crippen LogP contribution in [-0.2, 0) is 15.8 Å². The fraction of sp³-hybridized carbons (Fsp3) is 0.353.